The molecule has 0 amide bonds. The summed E-state index contributed by atoms with van der Waals surface area (Å²) in [5.41, 5.74) is 1.45. The minimum Gasteiger partial charge on any atom is -0.308 e. The van der Waals surface area contributed by atoms with E-state index in [1.165, 1.54) is 44.5 Å². The van der Waals surface area contributed by atoms with Crippen molar-refractivity contribution in [3.05, 3.63) is 35.9 Å². The van der Waals surface area contributed by atoms with Gasteiger partial charge in [0.25, 0.3) is 0 Å². The summed E-state index contributed by atoms with van der Waals surface area (Å²) in [4.78, 5) is 2.72. The third kappa shape index (κ3) is 2.51. The molecule has 0 spiro atoms. The number of nitrogens with one attached hydrogen (secondary N) is 1. The standard InChI is InChI=1S/C18H26N2/c1-2-4-15(5-3-1)18-13-20(9-8-19-18)12-17-11-14-6-7-16(17)10-14/h1-5,14,16-19H,6-13H2. The van der Waals surface area contributed by atoms with Gasteiger partial charge in [0.05, 0.1) is 0 Å². The van der Waals surface area contributed by atoms with E-state index in [1.54, 1.807) is 6.42 Å². The zero-order valence-electron chi connectivity index (χ0n) is 12.3. The van der Waals surface area contributed by atoms with Crippen molar-refractivity contribution in [2.24, 2.45) is 17.8 Å². The Morgan fingerprint density at radius 1 is 1.10 bits per heavy atom. The number of hydrogen-bond acceptors (Lipinski definition) is 2. The summed E-state index contributed by atoms with van der Waals surface area (Å²) in [6.07, 6.45) is 6.10. The second kappa shape index (κ2) is 5.50. The number of rotatable bonds is 3. The van der Waals surface area contributed by atoms with Crippen LogP contribution in [0.1, 0.15) is 37.3 Å². The van der Waals surface area contributed by atoms with Gasteiger partial charge in [-0.1, -0.05) is 36.8 Å². The number of fused-ring (bicyclic) bond motifs is 2. The summed E-state index contributed by atoms with van der Waals surface area (Å²) in [5, 5.41) is 3.68. The number of nitrogens with zero attached hydrogens (tertiary/aromatic N) is 1. The van der Waals surface area contributed by atoms with Gasteiger partial charge < -0.3 is 5.32 Å². The third-order valence-electron chi connectivity index (χ3n) is 5.84. The Morgan fingerprint density at radius 2 is 2.00 bits per heavy atom. The molecule has 2 bridgehead atoms. The molecule has 4 rings (SSSR count). The third-order valence-corrected chi connectivity index (χ3v) is 5.84. The van der Waals surface area contributed by atoms with Crippen LogP contribution >= 0.6 is 0 Å². The fourth-order valence-corrected chi connectivity index (χ4v) is 4.82. The van der Waals surface area contributed by atoms with E-state index in [4.69, 9.17) is 0 Å². The Kier molecular flexibility index (Phi) is 3.53. The molecular formula is C18H26N2. The van der Waals surface area contributed by atoms with Crippen LogP contribution < -0.4 is 5.32 Å². The van der Waals surface area contributed by atoms with Crippen molar-refractivity contribution in [1.29, 1.82) is 0 Å². The van der Waals surface area contributed by atoms with Gasteiger partial charge >= 0.3 is 0 Å². The van der Waals surface area contributed by atoms with E-state index >= 15 is 0 Å². The largest absolute Gasteiger partial charge is 0.308 e. The average molecular weight is 270 g/mol. The minimum atomic E-state index is 0.531. The molecule has 1 aromatic rings. The molecule has 1 N–H and O–H groups in total. The highest BCUT2D eigenvalue weighted by Crippen LogP contribution is 2.48. The molecule has 1 aromatic carbocycles. The zero-order valence-corrected chi connectivity index (χ0v) is 12.3. The van der Waals surface area contributed by atoms with Crippen molar-refractivity contribution in [3.8, 4) is 0 Å². The summed E-state index contributed by atoms with van der Waals surface area (Å²) >= 11 is 0. The lowest BCUT2D eigenvalue weighted by molar-refractivity contribution is 0.149. The van der Waals surface area contributed by atoms with Crippen LogP contribution in [0.3, 0.4) is 0 Å². The Labute approximate surface area is 122 Å². The van der Waals surface area contributed by atoms with Crippen molar-refractivity contribution >= 4 is 0 Å². The Balaban J connectivity index is 1.37. The Bertz CT molecular complexity index is 444. The first kappa shape index (κ1) is 12.8. The smallest absolute Gasteiger partial charge is 0.0449 e. The molecule has 1 heterocycles. The predicted octanol–water partition coefficient (Wildman–Crippen LogP) is 3.07. The molecule has 108 valence electrons. The molecule has 0 radical (unpaired) electrons. The monoisotopic (exact) mass is 270 g/mol. The molecular weight excluding hydrogens is 244 g/mol. The number of hydrogen-bond donors (Lipinski definition) is 1. The maximum atomic E-state index is 3.68. The lowest BCUT2D eigenvalue weighted by Crippen LogP contribution is -2.47. The van der Waals surface area contributed by atoms with Gasteiger partial charge in [0.2, 0.25) is 0 Å². The van der Waals surface area contributed by atoms with Gasteiger partial charge in [-0.15, -0.1) is 0 Å². The maximum Gasteiger partial charge on any atom is 0.0449 e. The molecule has 3 fully saturated rings. The molecule has 3 aliphatic rings. The molecule has 2 aliphatic carbocycles. The topological polar surface area (TPSA) is 15.3 Å². The van der Waals surface area contributed by atoms with Crippen LogP contribution in [0.25, 0.3) is 0 Å². The molecule has 20 heavy (non-hydrogen) atoms. The molecule has 1 aliphatic heterocycles. The molecule has 1 saturated heterocycles. The van der Waals surface area contributed by atoms with Crippen molar-refractivity contribution in [3.63, 3.8) is 0 Å². The Hall–Kier alpha value is -0.860. The number of benzene rings is 1. The summed E-state index contributed by atoms with van der Waals surface area (Å²) in [7, 11) is 0. The van der Waals surface area contributed by atoms with E-state index in [0.29, 0.717) is 6.04 Å². The first-order chi connectivity index (χ1) is 9.88. The highest BCUT2D eigenvalue weighted by atomic mass is 15.2. The molecule has 4 atom stereocenters. The summed E-state index contributed by atoms with van der Waals surface area (Å²) in [6.45, 7) is 4.92. The molecule has 0 aromatic heterocycles. The van der Waals surface area contributed by atoms with Gasteiger partial charge in [-0.05, 0) is 42.6 Å². The van der Waals surface area contributed by atoms with Gasteiger partial charge in [-0.25, -0.2) is 0 Å². The minimum absolute atomic E-state index is 0.531. The maximum absolute atomic E-state index is 3.68. The van der Waals surface area contributed by atoms with E-state index in [1.807, 2.05) is 0 Å². The van der Waals surface area contributed by atoms with E-state index in [2.05, 4.69) is 40.5 Å². The van der Waals surface area contributed by atoms with E-state index in [9.17, 15) is 0 Å². The molecule has 4 unspecified atom stereocenters. The molecule has 2 heteroatoms. The fourth-order valence-electron chi connectivity index (χ4n) is 4.82. The van der Waals surface area contributed by atoms with E-state index in [0.717, 1.165) is 24.3 Å². The van der Waals surface area contributed by atoms with Crippen molar-refractivity contribution in [2.45, 2.75) is 31.7 Å². The van der Waals surface area contributed by atoms with Crippen LogP contribution in [0.2, 0.25) is 0 Å². The van der Waals surface area contributed by atoms with Crippen molar-refractivity contribution in [1.82, 2.24) is 10.2 Å². The van der Waals surface area contributed by atoms with Gasteiger partial charge in [0.15, 0.2) is 0 Å². The van der Waals surface area contributed by atoms with Crippen LogP contribution in [-0.4, -0.2) is 31.1 Å². The first-order valence-electron chi connectivity index (χ1n) is 8.39. The van der Waals surface area contributed by atoms with Crippen LogP contribution in [0.15, 0.2) is 30.3 Å². The van der Waals surface area contributed by atoms with E-state index < -0.39 is 0 Å². The van der Waals surface area contributed by atoms with Gasteiger partial charge in [0, 0.05) is 32.2 Å². The molecule has 2 nitrogen and oxygen atoms in total. The second-order valence-corrected chi connectivity index (χ2v) is 7.11. The van der Waals surface area contributed by atoms with Gasteiger partial charge in [-0.2, -0.15) is 0 Å². The Morgan fingerprint density at radius 3 is 2.75 bits per heavy atom. The van der Waals surface area contributed by atoms with Crippen molar-refractivity contribution in [2.75, 3.05) is 26.2 Å². The van der Waals surface area contributed by atoms with Gasteiger partial charge in [-0.3, -0.25) is 4.90 Å². The van der Waals surface area contributed by atoms with Gasteiger partial charge in [0.1, 0.15) is 0 Å². The predicted molar refractivity (Wildman–Crippen MR) is 82.6 cm³/mol. The van der Waals surface area contributed by atoms with Crippen LogP contribution in [0, 0.1) is 17.8 Å². The van der Waals surface area contributed by atoms with E-state index in [-0.39, 0.29) is 0 Å². The summed E-state index contributed by atoms with van der Waals surface area (Å²) in [5.74, 6) is 3.14. The SMILES string of the molecule is c1ccc(C2CN(CC3CC4CCC3C4)CCN2)cc1. The highest BCUT2D eigenvalue weighted by Gasteiger charge is 2.40. The lowest BCUT2D eigenvalue weighted by atomic mass is 9.88. The zero-order chi connectivity index (χ0) is 13.4. The summed E-state index contributed by atoms with van der Waals surface area (Å²) < 4.78 is 0. The summed E-state index contributed by atoms with van der Waals surface area (Å²) in [6, 6.07) is 11.5. The normalized spacial score (nSPS) is 37.4. The number of piperazine rings is 1. The van der Waals surface area contributed by atoms with Crippen molar-refractivity contribution < 1.29 is 0 Å². The van der Waals surface area contributed by atoms with Crippen LogP contribution in [0.5, 0.6) is 0 Å². The lowest BCUT2D eigenvalue weighted by Gasteiger charge is -2.37. The van der Waals surface area contributed by atoms with Crippen LogP contribution in [0.4, 0.5) is 0 Å². The highest BCUT2D eigenvalue weighted by molar-refractivity contribution is 5.19. The second-order valence-electron chi connectivity index (χ2n) is 7.11. The first-order valence-corrected chi connectivity index (χ1v) is 8.39. The quantitative estimate of drug-likeness (QED) is 0.908. The van der Waals surface area contributed by atoms with Crippen LogP contribution in [-0.2, 0) is 0 Å². The average Bonchev–Trinajstić information content (AvgIpc) is 3.11. The fraction of sp³-hybridized carbons (Fsp3) is 0.667. The molecule has 2 saturated carbocycles.